The third kappa shape index (κ3) is 5.33. The molecule has 3 heterocycles. The first-order chi connectivity index (χ1) is 18.8. The van der Waals surface area contributed by atoms with Gasteiger partial charge in [0.05, 0.1) is 19.6 Å². The molecule has 0 bridgehead atoms. The molecule has 1 unspecified atom stereocenters. The lowest BCUT2D eigenvalue weighted by Crippen LogP contribution is -2.54. The molecule has 2 aliphatic heterocycles. The van der Waals surface area contributed by atoms with Crippen molar-refractivity contribution in [2.45, 2.75) is 31.9 Å². The molecule has 6 rings (SSSR count). The summed E-state index contributed by atoms with van der Waals surface area (Å²) in [6, 6.07) is 27.4. The molecule has 1 amide bonds. The van der Waals surface area contributed by atoms with Crippen LogP contribution in [-0.4, -0.2) is 61.2 Å². The molecule has 1 aromatic heterocycles. The van der Waals surface area contributed by atoms with Crippen LogP contribution >= 0.6 is 0 Å². The minimum Gasteiger partial charge on any atom is -0.376 e. The SMILES string of the molecule is O=C(CCOCc1ccccc1)N1c2ccccc2CCC1CN1CCN(c2cccc3[nH]ccc23)CC1. The van der Waals surface area contributed by atoms with Crippen LogP contribution in [0.25, 0.3) is 10.9 Å². The number of piperazine rings is 1. The number of aromatic amines is 1. The van der Waals surface area contributed by atoms with Gasteiger partial charge in [0.1, 0.15) is 0 Å². The summed E-state index contributed by atoms with van der Waals surface area (Å²) >= 11 is 0. The van der Waals surface area contributed by atoms with Crippen molar-refractivity contribution in [2.24, 2.45) is 0 Å². The first-order valence-corrected chi connectivity index (χ1v) is 13.8. The second-order valence-corrected chi connectivity index (χ2v) is 10.4. The first-order valence-electron chi connectivity index (χ1n) is 13.8. The maximum absolute atomic E-state index is 13.6. The number of nitrogens with one attached hydrogen (secondary N) is 1. The number of carbonyl (C=O) groups excluding carboxylic acids is 1. The third-order valence-electron chi connectivity index (χ3n) is 7.96. The lowest BCUT2D eigenvalue weighted by molar-refractivity contribution is -0.120. The summed E-state index contributed by atoms with van der Waals surface area (Å²) in [5.41, 5.74) is 5.98. The first kappa shape index (κ1) is 24.7. The van der Waals surface area contributed by atoms with Crippen LogP contribution in [0, 0.1) is 0 Å². The number of aryl methyl sites for hydroxylation is 1. The van der Waals surface area contributed by atoms with Crippen LogP contribution in [0.1, 0.15) is 24.0 Å². The normalized spacial score (nSPS) is 18.1. The summed E-state index contributed by atoms with van der Waals surface area (Å²) < 4.78 is 5.87. The van der Waals surface area contributed by atoms with Gasteiger partial charge in [-0.15, -0.1) is 0 Å². The second-order valence-electron chi connectivity index (χ2n) is 10.4. The van der Waals surface area contributed by atoms with Gasteiger partial charge in [0.25, 0.3) is 0 Å². The van der Waals surface area contributed by atoms with Gasteiger partial charge >= 0.3 is 0 Å². The van der Waals surface area contributed by atoms with Crippen molar-refractivity contribution in [3.05, 3.63) is 96.2 Å². The molecule has 1 fully saturated rings. The molecule has 0 saturated carbocycles. The van der Waals surface area contributed by atoms with Crippen molar-refractivity contribution >= 4 is 28.2 Å². The Morgan fingerprint density at radius 1 is 0.868 bits per heavy atom. The molecule has 6 nitrogen and oxygen atoms in total. The van der Waals surface area contributed by atoms with E-state index in [1.807, 2.05) is 30.5 Å². The van der Waals surface area contributed by atoms with Gasteiger partial charge in [-0.25, -0.2) is 0 Å². The maximum Gasteiger partial charge on any atom is 0.229 e. The number of rotatable bonds is 8. The highest BCUT2D eigenvalue weighted by molar-refractivity contribution is 5.95. The standard InChI is InChI=1S/C32H36N4O2/c37-32(16-22-38-24-25-7-2-1-3-8-25)36-27(14-13-26-9-4-5-11-30(26)36)23-34-18-20-35(21-19-34)31-12-6-10-29-28(31)15-17-33-29/h1-12,15,17,27,33H,13-14,16,18-24H2. The number of hydrogen-bond acceptors (Lipinski definition) is 4. The number of nitrogens with zero attached hydrogens (tertiary/aromatic N) is 3. The second kappa shape index (κ2) is 11.4. The van der Waals surface area contributed by atoms with E-state index in [4.69, 9.17) is 4.74 Å². The Morgan fingerprint density at radius 3 is 2.53 bits per heavy atom. The molecule has 1 atom stereocenters. The van der Waals surface area contributed by atoms with E-state index in [9.17, 15) is 4.79 Å². The number of anilines is 2. The molecule has 38 heavy (non-hydrogen) atoms. The smallest absolute Gasteiger partial charge is 0.229 e. The average molecular weight is 509 g/mol. The number of para-hydroxylation sites is 1. The molecule has 4 aromatic rings. The van der Waals surface area contributed by atoms with Crippen LogP contribution in [0.2, 0.25) is 0 Å². The predicted molar refractivity (Wildman–Crippen MR) is 154 cm³/mol. The van der Waals surface area contributed by atoms with Gasteiger partial charge in [-0.2, -0.15) is 0 Å². The van der Waals surface area contributed by atoms with Crippen molar-refractivity contribution < 1.29 is 9.53 Å². The third-order valence-corrected chi connectivity index (χ3v) is 7.96. The van der Waals surface area contributed by atoms with Crippen LogP contribution in [0.5, 0.6) is 0 Å². The largest absolute Gasteiger partial charge is 0.376 e. The van der Waals surface area contributed by atoms with E-state index < -0.39 is 0 Å². The molecular weight excluding hydrogens is 472 g/mol. The Balaban J connectivity index is 1.09. The number of hydrogen-bond donors (Lipinski definition) is 1. The van der Waals surface area contributed by atoms with Crippen molar-refractivity contribution in [2.75, 3.05) is 49.1 Å². The van der Waals surface area contributed by atoms with Crippen molar-refractivity contribution in [1.82, 2.24) is 9.88 Å². The molecule has 0 spiro atoms. The Labute approximate surface area is 224 Å². The lowest BCUT2D eigenvalue weighted by Gasteiger charge is -2.42. The average Bonchev–Trinajstić information content (AvgIpc) is 3.45. The molecular formula is C32H36N4O2. The monoisotopic (exact) mass is 508 g/mol. The number of aromatic nitrogens is 1. The van der Waals surface area contributed by atoms with Crippen LogP contribution < -0.4 is 9.80 Å². The summed E-state index contributed by atoms with van der Waals surface area (Å²) in [5, 5.41) is 1.29. The van der Waals surface area contributed by atoms with Crippen LogP contribution in [0.4, 0.5) is 11.4 Å². The number of amides is 1. The lowest BCUT2D eigenvalue weighted by atomic mass is 9.94. The van der Waals surface area contributed by atoms with Gasteiger partial charge in [0, 0.05) is 67.2 Å². The van der Waals surface area contributed by atoms with Gasteiger partial charge in [0.2, 0.25) is 5.91 Å². The van der Waals surface area contributed by atoms with Gasteiger partial charge in [-0.05, 0) is 48.2 Å². The number of H-pyrrole nitrogens is 1. The topological polar surface area (TPSA) is 51.8 Å². The van der Waals surface area contributed by atoms with Crippen molar-refractivity contribution in [3.8, 4) is 0 Å². The Hall–Kier alpha value is -3.61. The van der Waals surface area contributed by atoms with E-state index in [0.717, 1.165) is 56.8 Å². The van der Waals surface area contributed by atoms with Crippen LogP contribution in [-0.2, 0) is 22.6 Å². The van der Waals surface area contributed by atoms with Crippen molar-refractivity contribution in [1.29, 1.82) is 0 Å². The maximum atomic E-state index is 13.6. The summed E-state index contributed by atoms with van der Waals surface area (Å²) in [4.78, 5) is 24.0. The predicted octanol–water partition coefficient (Wildman–Crippen LogP) is 5.24. The number of ether oxygens (including phenoxy) is 1. The van der Waals surface area contributed by atoms with E-state index in [2.05, 4.69) is 74.3 Å². The number of benzene rings is 3. The molecule has 2 aliphatic rings. The molecule has 196 valence electrons. The fraction of sp³-hybridized carbons (Fsp3) is 0.344. The van der Waals surface area contributed by atoms with Gasteiger partial charge in [-0.3, -0.25) is 9.69 Å². The van der Waals surface area contributed by atoms with Crippen molar-refractivity contribution in [3.63, 3.8) is 0 Å². The summed E-state index contributed by atoms with van der Waals surface area (Å²) in [6.07, 6.45) is 4.43. The molecule has 0 aliphatic carbocycles. The highest BCUT2D eigenvalue weighted by atomic mass is 16.5. The van der Waals surface area contributed by atoms with Gasteiger partial charge in [-0.1, -0.05) is 54.6 Å². The number of carbonyl (C=O) groups is 1. The molecule has 1 saturated heterocycles. The summed E-state index contributed by atoms with van der Waals surface area (Å²) in [6.45, 7) is 5.87. The molecule has 6 heteroatoms. The Kier molecular flexibility index (Phi) is 7.42. The zero-order valence-corrected chi connectivity index (χ0v) is 21.9. The highest BCUT2D eigenvalue weighted by Crippen LogP contribution is 2.32. The fourth-order valence-electron chi connectivity index (χ4n) is 5.97. The Morgan fingerprint density at radius 2 is 1.66 bits per heavy atom. The minimum absolute atomic E-state index is 0.160. The molecule has 3 aromatic carbocycles. The van der Waals surface area contributed by atoms with Gasteiger partial charge < -0.3 is 19.5 Å². The van der Waals surface area contributed by atoms with Crippen LogP contribution in [0.15, 0.2) is 85.1 Å². The van der Waals surface area contributed by atoms with E-state index in [0.29, 0.717) is 19.6 Å². The summed E-state index contributed by atoms with van der Waals surface area (Å²) in [7, 11) is 0. The highest BCUT2D eigenvalue weighted by Gasteiger charge is 2.32. The zero-order chi connectivity index (χ0) is 25.7. The fourth-order valence-corrected chi connectivity index (χ4v) is 5.97. The molecule has 0 radical (unpaired) electrons. The van der Waals surface area contributed by atoms with Crippen LogP contribution in [0.3, 0.4) is 0 Å². The van der Waals surface area contributed by atoms with Gasteiger partial charge in [0.15, 0.2) is 0 Å². The molecule has 1 N–H and O–H groups in total. The summed E-state index contributed by atoms with van der Waals surface area (Å²) in [5.74, 6) is 0.160. The quantitative estimate of drug-likeness (QED) is 0.331. The van der Waals surface area contributed by atoms with E-state index in [1.165, 1.54) is 22.2 Å². The zero-order valence-electron chi connectivity index (χ0n) is 21.9. The van der Waals surface area contributed by atoms with E-state index in [1.54, 1.807) is 0 Å². The number of fused-ring (bicyclic) bond motifs is 2. The van der Waals surface area contributed by atoms with E-state index in [-0.39, 0.29) is 11.9 Å². The van der Waals surface area contributed by atoms with E-state index >= 15 is 0 Å². The minimum atomic E-state index is 0.160. The Bertz CT molecular complexity index is 1360.